The van der Waals surface area contributed by atoms with E-state index in [1.54, 1.807) is 6.66 Å². The molecular weight excluding hydrogens is 150 g/mol. The zero-order chi connectivity index (χ0) is 6.62. The Balaban J connectivity index is 3.26. The maximum Gasteiger partial charge on any atom is 0.351 e. The summed E-state index contributed by atoms with van der Waals surface area (Å²) in [7, 11) is -3.76. The van der Waals surface area contributed by atoms with Gasteiger partial charge in [-0.1, -0.05) is 0 Å². The van der Waals surface area contributed by atoms with Crippen LogP contribution in [0.15, 0.2) is 0 Å². The summed E-state index contributed by atoms with van der Waals surface area (Å²) in [5, 5.41) is 0. The first-order chi connectivity index (χ1) is 3.56. The van der Waals surface area contributed by atoms with E-state index in [2.05, 4.69) is 4.52 Å². The van der Waals surface area contributed by atoms with E-state index in [1.165, 1.54) is 0 Å². The molecule has 0 aliphatic heterocycles. The highest BCUT2D eigenvalue weighted by atomic mass is 31.2. The molecular formula is C2H8O4P2. The average molecular weight is 158 g/mol. The molecule has 0 aromatic carbocycles. The standard InChI is InChI=1S/C2H8O4P2/c1-7-6-2-8(3,4)5/h7H,2H2,1H3,(H2,3,4,5). The molecule has 1 atom stereocenters. The predicted molar refractivity (Wildman–Crippen MR) is 32.2 cm³/mol. The summed E-state index contributed by atoms with van der Waals surface area (Å²) in [6.45, 7) is 1.70. The van der Waals surface area contributed by atoms with E-state index in [9.17, 15) is 4.57 Å². The SMILES string of the molecule is CPOCP(=O)(O)O. The molecule has 50 valence electrons. The molecule has 0 heterocycles. The van der Waals surface area contributed by atoms with Gasteiger partial charge >= 0.3 is 7.60 Å². The molecule has 1 unspecified atom stereocenters. The van der Waals surface area contributed by atoms with E-state index in [1.807, 2.05) is 0 Å². The van der Waals surface area contributed by atoms with Gasteiger partial charge in [0, 0.05) is 8.81 Å². The first kappa shape index (κ1) is 8.54. The largest absolute Gasteiger partial charge is 0.351 e. The topological polar surface area (TPSA) is 66.8 Å². The summed E-state index contributed by atoms with van der Waals surface area (Å²) >= 11 is 0. The third kappa shape index (κ3) is 6.54. The van der Waals surface area contributed by atoms with Gasteiger partial charge in [-0.15, -0.1) is 0 Å². The molecule has 0 saturated carbocycles. The quantitative estimate of drug-likeness (QED) is 0.582. The van der Waals surface area contributed by atoms with Crippen LogP contribution in [0.3, 0.4) is 0 Å². The van der Waals surface area contributed by atoms with Gasteiger partial charge in [-0.2, -0.15) is 0 Å². The van der Waals surface area contributed by atoms with Crippen LogP contribution < -0.4 is 0 Å². The second-order valence-corrected chi connectivity index (χ2v) is 3.43. The van der Waals surface area contributed by atoms with Crippen LogP contribution in [0.5, 0.6) is 0 Å². The monoisotopic (exact) mass is 158 g/mol. The highest BCUT2D eigenvalue weighted by molar-refractivity contribution is 7.52. The Kier molecular flexibility index (Phi) is 3.78. The Morgan fingerprint density at radius 1 is 1.75 bits per heavy atom. The summed E-state index contributed by atoms with van der Waals surface area (Å²) in [4.78, 5) is 16.3. The van der Waals surface area contributed by atoms with Gasteiger partial charge in [0.05, 0.1) is 0 Å². The normalized spacial score (nSPS) is 13.4. The summed E-state index contributed by atoms with van der Waals surface area (Å²) in [6, 6.07) is 0. The minimum absolute atomic E-state index is 0.139. The van der Waals surface area contributed by atoms with Crippen molar-refractivity contribution < 1.29 is 18.9 Å². The maximum atomic E-state index is 9.96. The van der Waals surface area contributed by atoms with Crippen LogP contribution in [0, 0.1) is 0 Å². The fourth-order valence-corrected chi connectivity index (χ4v) is 1.34. The molecule has 0 amide bonds. The van der Waals surface area contributed by atoms with Gasteiger partial charge < -0.3 is 14.3 Å². The molecule has 8 heavy (non-hydrogen) atoms. The molecule has 4 nitrogen and oxygen atoms in total. The van der Waals surface area contributed by atoms with Crippen molar-refractivity contribution in [1.82, 2.24) is 0 Å². The smallest absolute Gasteiger partial charge is 0.350 e. The Morgan fingerprint density at radius 3 is 2.38 bits per heavy atom. The molecule has 0 aromatic heterocycles. The summed E-state index contributed by atoms with van der Waals surface area (Å²) in [5.74, 6) is 0. The van der Waals surface area contributed by atoms with Crippen molar-refractivity contribution in [3.8, 4) is 0 Å². The van der Waals surface area contributed by atoms with E-state index >= 15 is 0 Å². The van der Waals surface area contributed by atoms with Crippen molar-refractivity contribution in [1.29, 1.82) is 0 Å². The van der Waals surface area contributed by atoms with Crippen LogP contribution in [0.2, 0.25) is 0 Å². The lowest BCUT2D eigenvalue weighted by molar-refractivity contribution is 0.320. The second kappa shape index (κ2) is 3.54. The average Bonchev–Trinajstić information content (AvgIpc) is 1.59. The lowest BCUT2D eigenvalue weighted by atomic mass is 11.7. The van der Waals surface area contributed by atoms with E-state index in [0.29, 0.717) is 0 Å². The van der Waals surface area contributed by atoms with Gasteiger partial charge in [-0.05, 0) is 6.66 Å². The predicted octanol–water partition coefficient (Wildman–Crippen LogP) is 0.361. The van der Waals surface area contributed by atoms with Gasteiger partial charge in [-0.25, -0.2) is 0 Å². The first-order valence-corrected chi connectivity index (χ1v) is 5.10. The van der Waals surface area contributed by atoms with Crippen LogP contribution in [0.1, 0.15) is 0 Å². The Morgan fingerprint density at radius 2 is 2.25 bits per heavy atom. The highest BCUT2D eigenvalue weighted by Crippen LogP contribution is 2.35. The molecule has 0 aromatic rings. The van der Waals surface area contributed by atoms with Gasteiger partial charge in [-0.3, -0.25) is 4.57 Å². The van der Waals surface area contributed by atoms with Gasteiger partial charge in [0.15, 0.2) is 6.35 Å². The molecule has 0 rings (SSSR count). The summed E-state index contributed by atoms with van der Waals surface area (Å²) in [5.41, 5.74) is 0. The number of rotatable bonds is 3. The fraction of sp³-hybridized carbons (Fsp3) is 1.00. The lowest BCUT2D eigenvalue weighted by Crippen LogP contribution is -1.85. The first-order valence-electron chi connectivity index (χ1n) is 1.89. The molecule has 0 aliphatic carbocycles. The fourth-order valence-electron chi connectivity index (χ4n) is 0.149. The highest BCUT2D eigenvalue weighted by Gasteiger charge is 2.10. The van der Waals surface area contributed by atoms with Crippen LogP contribution in [-0.2, 0) is 9.09 Å². The van der Waals surface area contributed by atoms with E-state index in [-0.39, 0.29) is 8.81 Å². The van der Waals surface area contributed by atoms with Crippen LogP contribution in [0.4, 0.5) is 0 Å². The van der Waals surface area contributed by atoms with Crippen LogP contribution in [0.25, 0.3) is 0 Å². The Bertz CT molecular complexity index is 96.2. The van der Waals surface area contributed by atoms with E-state index in [0.717, 1.165) is 0 Å². The van der Waals surface area contributed by atoms with Gasteiger partial charge in [0.1, 0.15) is 0 Å². The van der Waals surface area contributed by atoms with Crippen molar-refractivity contribution in [3.05, 3.63) is 0 Å². The van der Waals surface area contributed by atoms with Crippen molar-refractivity contribution in [2.24, 2.45) is 0 Å². The summed E-state index contributed by atoms with van der Waals surface area (Å²) in [6.07, 6.45) is -0.456. The number of hydrogen-bond donors (Lipinski definition) is 2. The zero-order valence-electron chi connectivity index (χ0n) is 4.37. The Hall–Kier alpha value is 0.540. The molecule has 6 heteroatoms. The molecule has 0 fully saturated rings. The Labute approximate surface area is 49.3 Å². The van der Waals surface area contributed by atoms with E-state index < -0.39 is 13.9 Å². The lowest BCUT2D eigenvalue weighted by Gasteiger charge is -2.00. The minimum atomic E-state index is -3.90. The third-order valence-corrected chi connectivity index (χ3v) is 1.52. The van der Waals surface area contributed by atoms with Crippen molar-refractivity contribution >= 4 is 16.4 Å². The molecule has 0 spiro atoms. The third-order valence-electron chi connectivity index (χ3n) is 0.377. The second-order valence-electron chi connectivity index (χ2n) is 1.14. The summed E-state index contributed by atoms with van der Waals surface area (Å²) < 4.78 is 14.4. The molecule has 0 saturated heterocycles. The van der Waals surface area contributed by atoms with Crippen LogP contribution in [-0.4, -0.2) is 22.8 Å². The van der Waals surface area contributed by atoms with E-state index in [4.69, 9.17) is 9.79 Å². The molecule has 2 N–H and O–H groups in total. The minimum Gasteiger partial charge on any atom is -0.350 e. The number of hydrogen-bond acceptors (Lipinski definition) is 2. The molecule has 0 bridgehead atoms. The maximum absolute atomic E-state index is 9.96. The van der Waals surface area contributed by atoms with Gasteiger partial charge in [0.25, 0.3) is 0 Å². The van der Waals surface area contributed by atoms with Crippen LogP contribution >= 0.6 is 16.4 Å². The van der Waals surface area contributed by atoms with Gasteiger partial charge in [0.2, 0.25) is 0 Å². The molecule has 0 aliphatic rings. The molecule has 0 radical (unpaired) electrons. The van der Waals surface area contributed by atoms with Crippen molar-refractivity contribution in [2.75, 3.05) is 13.0 Å². The zero-order valence-corrected chi connectivity index (χ0v) is 6.26. The van der Waals surface area contributed by atoms with Crippen molar-refractivity contribution in [3.63, 3.8) is 0 Å². The van der Waals surface area contributed by atoms with Crippen molar-refractivity contribution in [2.45, 2.75) is 0 Å².